The van der Waals surface area contributed by atoms with Gasteiger partial charge in [0.2, 0.25) is 0 Å². The Morgan fingerprint density at radius 3 is 2.33 bits per heavy atom. The van der Waals surface area contributed by atoms with E-state index in [1.165, 1.54) is 0 Å². The van der Waals surface area contributed by atoms with Crippen LogP contribution >= 0.6 is 11.3 Å². The van der Waals surface area contributed by atoms with Crippen LogP contribution in [0.1, 0.15) is 15.4 Å². The van der Waals surface area contributed by atoms with Gasteiger partial charge in [-0.2, -0.15) is 17.6 Å². The van der Waals surface area contributed by atoms with Crippen LogP contribution in [0.5, 0.6) is 0 Å². The lowest BCUT2D eigenvalue weighted by Crippen LogP contribution is -2.05. The lowest BCUT2D eigenvalue weighted by molar-refractivity contribution is -0.134. The Kier molecular flexibility index (Phi) is 2.14. The third kappa shape index (κ3) is 1.60. The highest BCUT2D eigenvalue weighted by Gasteiger charge is 2.37. The number of thiazole rings is 1. The van der Waals surface area contributed by atoms with Crippen LogP contribution in [0.15, 0.2) is 0 Å². The minimum absolute atomic E-state index is 0.123. The Balaban J connectivity index is 3.22. The van der Waals surface area contributed by atoms with Crippen LogP contribution in [0.25, 0.3) is 0 Å². The highest BCUT2D eigenvalue weighted by Crippen LogP contribution is 2.35. The third-order valence-electron chi connectivity index (χ3n) is 0.996. The summed E-state index contributed by atoms with van der Waals surface area (Å²) >= 11 is -0.188. The van der Waals surface area contributed by atoms with E-state index < -0.39 is 22.0 Å². The summed E-state index contributed by atoms with van der Waals surface area (Å²) in [7, 11) is 0. The number of hydrogen-bond acceptors (Lipinski definition) is 3. The van der Waals surface area contributed by atoms with Gasteiger partial charge in [0.15, 0.2) is 6.29 Å². The van der Waals surface area contributed by atoms with Crippen LogP contribution in [-0.4, -0.2) is 11.3 Å². The summed E-state index contributed by atoms with van der Waals surface area (Å²) in [5, 5.41) is -1.26. The van der Waals surface area contributed by atoms with Gasteiger partial charge < -0.3 is 0 Å². The van der Waals surface area contributed by atoms with Crippen molar-refractivity contribution in [1.29, 1.82) is 0 Å². The summed E-state index contributed by atoms with van der Waals surface area (Å²) in [6.07, 6.45) is -4.83. The molecule has 2 nitrogen and oxygen atoms in total. The molecule has 0 fully saturated rings. The zero-order valence-electron chi connectivity index (χ0n) is 5.35. The number of nitrogens with zero attached hydrogens (tertiary/aromatic N) is 1. The molecule has 0 aromatic carbocycles. The molecule has 7 heteroatoms. The topological polar surface area (TPSA) is 30.0 Å². The number of alkyl halides is 3. The van der Waals surface area contributed by atoms with Gasteiger partial charge in [-0.15, -0.1) is 0 Å². The molecule has 12 heavy (non-hydrogen) atoms. The first-order valence-electron chi connectivity index (χ1n) is 2.64. The highest BCUT2D eigenvalue weighted by molar-refractivity contribution is 7.10. The second kappa shape index (κ2) is 2.81. The predicted molar refractivity (Wildman–Crippen MR) is 32.5 cm³/mol. The van der Waals surface area contributed by atoms with E-state index in [-0.39, 0.29) is 17.6 Å². The van der Waals surface area contributed by atoms with Crippen LogP contribution in [0.2, 0.25) is 0 Å². The monoisotopic (exact) mass is 199 g/mol. The van der Waals surface area contributed by atoms with Gasteiger partial charge in [0.1, 0.15) is 10.6 Å². The van der Waals surface area contributed by atoms with Crippen molar-refractivity contribution in [3.63, 3.8) is 0 Å². The molecular weight excluding hydrogens is 198 g/mol. The lowest BCUT2D eigenvalue weighted by atomic mass is 10.4. The number of aldehydes is 1. The molecule has 1 aromatic rings. The van der Waals surface area contributed by atoms with E-state index in [1.54, 1.807) is 0 Å². The fourth-order valence-corrected chi connectivity index (χ4v) is 1.21. The molecule has 0 N–H and O–H groups in total. The Morgan fingerprint density at radius 2 is 2.00 bits per heavy atom. The summed E-state index contributed by atoms with van der Waals surface area (Å²) in [5.74, 6) is 0. The molecule has 0 saturated heterocycles. The first kappa shape index (κ1) is 9.11. The van der Waals surface area contributed by atoms with E-state index in [0.29, 0.717) is 0 Å². The number of hydrogen-bond donors (Lipinski definition) is 0. The Morgan fingerprint density at radius 1 is 1.42 bits per heavy atom. The van der Waals surface area contributed by atoms with Crippen molar-refractivity contribution in [2.45, 2.75) is 6.18 Å². The van der Waals surface area contributed by atoms with Gasteiger partial charge in [-0.1, -0.05) is 11.3 Å². The van der Waals surface area contributed by atoms with E-state index >= 15 is 0 Å². The number of halogens is 4. The molecule has 0 aliphatic carbocycles. The van der Waals surface area contributed by atoms with Crippen LogP contribution < -0.4 is 0 Å². The van der Waals surface area contributed by atoms with Gasteiger partial charge in [-0.05, 0) is 0 Å². The molecule has 0 amide bonds. The number of rotatable bonds is 1. The van der Waals surface area contributed by atoms with E-state index in [2.05, 4.69) is 4.98 Å². The second-order valence-electron chi connectivity index (χ2n) is 1.80. The van der Waals surface area contributed by atoms with Crippen LogP contribution in [0.3, 0.4) is 0 Å². The maximum atomic E-state index is 12.2. The quantitative estimate of drug-likeness (QED) is 0.512. The molecule has 0 saturated carbocycles. The SMILES string of the molecule is O=Cc1nc(F)sc1C(F)(F)F. The average Bonchev–Trinajstić information content (AvgIpc) is 2.29. The minimum atomic E-state index is -4.71. The van der Waals surface area contributed by atoms with Crippen LogP contribution in [0, 0.1) is 5.26 Å². The highest BCUT2D eigenvalue weighted by atomic mass is 32.1. The summed E-state index contributed by atoms with van der Waals surface area (Å²) in [4.78, 5) is 11.4. The van der Waals surface area contributed by atoms with Crippen molar-refractivity contribution < 1.29 is 22.4 Å². The molecule has 1 heterocycles. The molecule has 66 valence electrons. The smallest absolute Gasteiger partial charge is 0.296 e. The molecule has 0 bridgehead atoms. The molecule has 0 aliphatic heterocycles. The fourth-order valence-electron chi connectivity index (χ4n) is 0.588. The first-order valence-corrected chi connectivity index (χ1v) is 3.45. The van der Waals surface area contributed by atoms with Crippen molar-refractivity contribution in [2.24, 2.45) is 0 Å². The van der Waals surface area contributed by atoms with Crippen LogP contribution in [-0.2, 0) is 6.18 Å². The van der Waals surface area contributed by atoms with Gasteiger partial charge in [0, 0.05) is 0 Å². The zero-order chi connectivity index (χ0) is 9.35. The molecule has 0 atom stereocenters. The maximum absolute atomic E-state index is 12.2. The number of carbonyl (C=O) groups is 1. The van der Waals surface area contributed by atoms with Crippen molar-refractivity contribution in [3.05, 3.63) is 15.8 Å². The predicted octanol–water partition coefficient (Wildman–Crippen LogP) is 2.11. The number of aromatic nitrogens is 1. The van der Waals surface area contributed by atoms with Crippen LogP contribution in [0.4, 0.5) is 17.6 Å². The fraction of sp³-hybridized carbons (Fsp3) is 0.200. The molecule has 0 spiro atoms. The van der Waals surface area contributed by atoms with E-state index in [0.717, 1.165) is 0 Å². The zero-order valence-corrected chi connectivity index (χ0v) is 6.17. The van der Waals surface area contributed by atoms with Gasteiger partial charge in [0.05, 0.1) is 0 Å². The van der Waals surface area contributed by atoms with Crippen molar-refractivity contribution in [2.75, 3.05) is 0 Å². The molecule has 0 unspecified atom stereocenters. The van der Waals surface area contributed by atoms with Gasteiger partial charge in [0.25, 0.3) is 5.26 Å². The molecule has 1 aromatic heterocycles. The largest absolute Gasteiger partial charge is 0.427 e. The van der Waals surface area contributed by atoms with Crippen molar-refractivity contribution in [1.82, 2.24) is 4.98 Å². The molecule has 0 aliphatic rings. The minimum Gasteiger partial charge on any atom is -0.296 e. The Labute approximate surface area is 67.8 Å². The summed E-state index contributed by atoms with van der Waals surface area (Å²) in [6.45, 7) is 0. The van der Waals surface area contributed by atoms with E-state index in [1.807, 2.05) is 0 Å². The summed E-state index contributed by atoms with van der Waals surface area (Å²) in [6, 6.07) is 0. The third-order valence-corrected chi connectivity index (χ3v) is 1.90. The standard InChI is InChI=1S/C5HF4NOS/c6-4-10-2(1-11)3(12-4)5(7,8)9/h1H. The summed E-state index contributed by atoms with van der Waals surface area (Å²) < 4.78 is 47.8. The van der Waals surface area contributed by atoms with E-state index in [4.69, 9.17) is 0 Å². The van der Waals surface area contributed by atoms with Gasteiger partial charge in [-0.3, -0.25) is 4.79 Å². The molecule has 1 rings (SSSR count). The van der Waals surface area contributed by atoms with Crippen molar-refractivity contribution in [3.8, 4) is 0 Å². The average molecular weight is 199 g/mol. The first-order chi connectivity index (χ1) is 5.45. The molecule has 0 radical (unpaired) electrons. The lowest BCUT2D eigenvalue weighted by Gasteiger charge is -2.00. The number of carbonyl (C=O) groups excluding carboxylic acids is 1. The van der Waals surface area contributed by atoms with Crippen molar-refractivity contribution >= 4 is 17.6 Å². The second-order valence-corrected chi connectivity index (χ2v) is 2.75. The van der Waals surface area contributed by atoms with Gasteiger partial charge >= 0.3 is 6.18 Å². The maximum Gasteiger partial charge on any atom is 0.427 e. The molecular formula is C5HF4NOS. The Hall–Kier alpha value is -0.980. The summed E-state index contributed by atoms with van der Waals surface area (Å²) in [5.41, 5.74) is -0.898. The van der Waals surface area contributed by atoms with Gasteiger partial charge in [-0.25, -0.2) is 4.98 Å². The normalized spacial score (nSPS) is 11.7. The van der Waals surface area contributed by atoms with E-state index in [9.17, 15) is 22.4 Å². The Bertz CT molecular complexity index is 305.